The number of ether oxygens (including phenoxy) is 1. The molecule has 1 atom stereocenters. The van der Waals surface area contributed by atoms with Gasteiger partial charge in [0.1, 0.15) is 12.4 Å². The highest BCUT2D eigenvalue weighted by Gasteiger charge is 2.24. The Balaban J connectivity index is 1.70. The lowest BCUT2D eigenvalue weighted by Gasteiger charge is -2.16. The van der Waals surface area contributed by atoms with Gasteiger partial charge < -0.3 is 21.1 Å². The van der Waals surface area contributed by atoms with Crippen molar-refractivity contribution < 1.29 is 14.3 Å². The number of benzene rings is 2. The Bertz CT molecular complexity index is 791. The molecule has 3 rings (SSSR count). The molecule has 0 spiro atoms. The third-order valence-corrected chi connectivity index (χ3v) is 4.23. The molecule has 1 saturated heterocycles. The number of para-hydroxylation sites is 1. The van der Waals surface area contributed by atoms with Gasteiger partial charge in [-0.2, -0.15) is 0 Å². The van der Waals surface area contributed by atoms with Gasteiger partial charge in [0, 0.05) is 24.7 Å². The first-order valence-electron chi connectivity index (χ1n) is 8.20. The predicted molar refractivity (Wildman–Crippen MR) is 94.2 cm³/mol. The third-order valence-electron chi connectivity index (χ3n) is 4.23. The van der Waals surface area contributed by atoms with E-state index in [4.69, 9.17) is 16.2 Å². The van der Waals surface area contributed by atoms with Gasteiger partial charge in [-0.25, -0.2) is 0 Å². The van der Waals surface area contributed by atoms with E-state index in [1.165, 1.54) is 0 Å². The first kappa shape index (κ1) is 17.0. The van der Waals surface area contributed by atoms with Gasteiger partial charge in [0.2, 0.25) is 0 Å². The van der Waals surface area contributed by atoms with Crippen LogP contribution in [0.5, 0.6) is 5.75 Å². The summed E-state index contributed by atoms with van der Waals surface area (Å²) in [6, 6.07) is 14.2. The van der Waals surface area contributed by atoms with Crippen LogP contribution in [0.1, 0.15) is 32.7 Å². The molecule has 0 saturated carbocycles. The molecule has 130 valence electrons. The first-order valence-corrected chi connectivity index (χ1v) is 8.20. The Morgan fingerprint density at radius 3 is 2.68 bits per heavy atom. The van der Waals surface area contributed by atoms with Crippen LogP contribution < -0.4 is 16.2 Å². The van der Waals surface area contributed by atoms with Crippen LogP contribution >= 0.6 is 0 Å². The van der Waals surface area contributed by atoms with Crippen molar-refractivity contribution in [2.45, 2.75) is 19.1 Å². The largest absolute Gasteiger partial charge is 0.488 e. The van der Waals surface area contributed by atoms with Gasteiger partial charge in [0.05, 0.1) is 5.56 Å². The number of rotatable bonds is 5. The van der Waals surface area contributed by atoms with E-state index in [1.807, 2.05) is 12.1 Å². The van der Waals surface area contributed by atoms with Crippen LogP contribution in [0, 0.1) is 0 Å². The van der Waals surface area contributed by atoms with Crippen molar-refractivity contribution >= 4 is 11.8 Å². The zero-order valence-corrected chi connectivity index (χ0v) is 13.9. The number of primary amides is 1. The van der Waals surface area contributed by atoms with E-state index in [-0.39, 0.29) is 18.6 Å². The summed E-state index contributed by atoms with van der Waals surface area (Å²) in [5.74, 6) is -0.130. The summed E-state index contributed by atoms with van der Waals surface area (Å²) in [5.41, 5.74) is 13.0. The summed E-state index contributed by atoms with van der Waals surface area (Å²) < 4.78 is 5.72. The number of carbonyl (C=O) groups excluding carboxylic acids is 2. The third kappa shape index (κ3) is 3.97. The van der Waals surface area contributed by atoms with Gasteiger partial charge in [0.25, 0.3) is 11.8 Å². The maximum Gasteiger partial charge on any atom is 0.253 e. The minimum absolute atomic E-state index is 0.0210. The summed E-state index contributed by atoms with van der Waals surface area (Å²) in [6.45, 7) is 1.52. The zero-order chi connectivity index (χ0) is 17.8. The maximum absolute atomic E-state index is 12.5. The molecule has 25 heavy (non-hydrogen) atoms. The van der Waals surface area contributed by atoms with Crippen LogP contribution in [0.3, 0.4) is 0 Å². The second-order valence-electron chi connectivity index (χ2n) is 6.15. The van der Waals surface area contributed by atoms with Gasteiger partial charge >= 0.3 is 0 Å². The number of likely N-dealkylation sites (tertiary alicyclic amines) is 1. The Morgan fingerprint density at radius 2 is 1.96 bits per heavy atom. The number of nitrogens with zero attached hydrogens (tertiary/aromatic N) is 1. The van der Waals surface area contributed by atoms with Gasteiger partial charge in [0.15, 0.2) is 0 Å². The van der Waals surface area contributed by atoms with Crippen LogP contribution in [0.25, 0.3) is 0 Å². The van der Waals surface area contributed by atoms with Gasteiger partial charge in [-0.15, -0.1) is 0 Å². The van der Waals surface area contributed by atoms with E-state index >= 15 is 0 Å². The average Bonchev–Trinajstić information content (AvgIpc) is 3.06. The topological polar surface area (TPSA) is 98.7 Å². The summed E-state index contributed by atoms with van der Waals surface area (Å²) in [5, 5.41) is 0. The molecule has 4 N–H and O–H groups in total. The molecular formula is C19H21N3O3. The number of carbonyl (C=O) groups is 2. The van der Waals surface area contributed by atoms with Crippen LogP contribution in [-0.4, -0.2) is 35.8 Å². The standard InChI is InChI=1S/C19H21N3O3/c20-15-8-9-22(11-15)19(24)14-5-3-4-13(10-14)12-25-17-7-2-1-6-16(17)18(21)23/h1-7,10,15H,8-9,11-12,20H2,(H2,21,23)/t15-/m0/s1. The van der Waals surface area contributed by atoms with Crippen molar-refractivity contribution in [2.75, 3.05) is 13.1 Å². The van der Waals surface area contributed by atoms with Crippen molar-refractivity contribution in [3.63, 3.8) is 0 Å². The average molecular weight is 339 g/mol. The molecule has 1 heterocycles. The Hall–Kier alpha value is -2.86. The second-order valence-corrected chi connectivity index (χ2v) is 6.15. The second kappa shape index (κ2) is 7.36. The summed E-state index contributed by atoms with van der Waals surface area (Å²) in [7, 11) is 0. The van der Waals surface area contributed by atoms with Crippen LogP contribution in [0.15, 0.2) is 48.5 Å². The molecule has 1 aliphatic heterocycles. The van der Waals surface area contributed by atoms with Crippen molar-refractivity contribution in [1.82, 2.24) is 4.90 Å². The predicted octanol–water partition coefficient (Wildman–Crippen LogP) is 1.54. The van der Waals surface area contributed by atoms with Crippen molar-refractivity contribution in [2.24, 2.45) is 11.5 Å². The summed E-state index contributed by atoms with van der Waals surface area (Å²) in [6.07, 6.45) is 0.832. The lowest BCUT2D eigenvalue weighted by molar-refractivity contribution is 0.0790. The van der Waals surface area contributed by atoms with Crippen LogP contribution in [0.2, 0.25) is 0 Å². The van der Waals surface area contributed by atoms with Gasteiger partial charge in [-0.05, 0) is 36.2 Å². The SMILES string of the molecule is NC(=O)c1ccccc1OCc1cccc(C(=O)N2CC[C@H](N)C2)c1. The smallest absolute Gasteiger partial charge is 0.253 e. The van der Waals surface area contributed by atoms with Gasteiger partial charge in [-0.3, -0.25) is 9.59 Å². The minimum Gasteiger partial charge on any atom is -0.488 e. The molecule has 0 bridgehead atoms. The maximum atomic E-state index is 12.5. The fourth-order valence-electron chi connectivity index (χ4n) is 2.91. The number of amides is 2. The normalized spacial score (nSPS) is 16.7. The fraction of sp³-hybridized carbons (Fsp3) is 0.263. The van der Waals surface area contributed by atoms with E-state index in [1.54, 1.807) is 41.3 Å². The number of hydrogen-bond acceptors (Lipinski definition) is 4. The van der Waals surface area contributed by atoms with E-state index in [0.717, 1.165) is 12.0 Å². The molecule has 0 radical (unpaired) electrons. The van der Waals surface area contributed by atoms with Crippen molar-refractivity contribution in [3.8, 4) is 5.75 Å². The molecule has 2 aromatic carbocycles. The first-order chi connectivity index (χ1) is 12.0. The Morgan fingerprint density at radius 1 is 1.16 bits per heavy atom. The lowest BCUT2D eigenvalue weighted by Crippen LogP contribution is -2.31. The molecule has 2 aromatic rings. The molecular weight excluding hydrogens is 318 g/mol. The lowest BCUT2D eigenvalue weighted by atomic mass is 10.1. The minimum atomic E-state index is -0.537. The Kier molecular flexibility index (Phi) is 5.00. The molecule has 0 unspecified atom stereocenters. The summed E-state index contributed by atoms with van der Waals surface area (Å²) >= 11 is 0. The molecule has 2 amide bonds. The van der Waals surface area contributed by atoms with E-state index in [9.17, 15) is 9.59 Å². The highest BCUT2D eigenvalue weighted by Crippen LogP contribution is 2.20. The molecule has 6 heteroatoms. The number of hydrogen-bond donors (Lipinski definition) is 2. The fourth-order valence-corrected chi connectivity index (χ4v) is 2.91. The van der Waals surface area contributed by atoms with E-state index < -0.39 is 5.91 Å². The number of nitrogens with two attached hydrogens (primary N) is 2. The van der Waals surface area contributed by atoms with Crippen LogP contribution in [-0.2, 0) is 6.61 Å². The van der Waals surface area contributed by atoms with Crippen molar-refractivity contribution in [1.29, 1.82) is 0 Å². The molecule has 1 fully saturated rings. The van der Waals surface area contributed by atoms with Gasteiger partial charge in [-0.1, -0.05) is 24.3 Å². The van der Waals surface area contributed by atoms with E-state index in [0.29, 0.717) is 30.0 Å². The molecule has 0 aliphatic carbocycles. The van der Waals surface area contributed by atoms with Crippen molar-refractivity contribution in [3.05, 3.63) is 65.2 Å². The highest BCUT2D eigenvalue weighted by atomic mass is 16.5. The molecule has 6 nitrogen and oxygen atoms in total. The van der Waals surface area contributed by atoms with E-state index in [2.05, 4.69) is 0 Å². The highest BCUT2D eigenvalue weighted by molar-refractivity contribution is 5.95. The zero-order valence-electron chi connectivity index (χ0n) is 13.9. The molecule has 1 aliphatic rings. The van der Waals surface area contributed by atoms with Crippen LogP contribution in [0.4, 0.5) is 0 Å². The Labute approximate surface area is 146 Å². The monoisotopic (exact) mass is 339 g/mol. The molecule has 0 aromatic heterocycles. The quantitative estimate of drug-likeness (QED) is 0.863. The summed E-state index contributed by atoms with van der Waals surface area (Å²) in [4.78, 5) is 25.7.